The van der Waals surface area contributed by atoms with Crippen molar-refractivity contribution >= 4 is 17.8 Å². The van der Waals surface area contributed by atoms with Gasteiger partial charge in [-0.2, -0.15) is 0 Å². The van der Waals surface area contributed by atoms with Crippen molar-refractivity contribution in [3.8, 4) is 0 Å². The molecule has 7 nitrogen and oxygen atoms in total. The second-order valence-corrected chi connectivity index (χ2v) is 14.4. The van der Waals surface area contributed by atoms with Crippen LogP contribution in [0.15, 0.2) is 60.8 Å². The Morgan fingerprint density at radius 2 is 1.04 bits per heavy atom. The van der Waals surface area contributed by atoms with Gasteiger partial charge in [-0.05, 0) is 103 Å². The Morgan fingerprint density at radius 3 is 1.57 bits per heavy atom. The Labute approximate surface area is 325 Å². The molecule has 0 saturated carbocycles. The van der Waals surface area contributed by atoms with E-state index >= 15 is 0 Å². The Balaban J connectivity index is 4.13. The summed E-state index contributed by atoms with van der Waals surface area (Å²) in [6, 6.07) is -0.858. The molecule has 1 amide bonds. The highest BCUT2D eigenvalue weighted by atomic mass is 16.5. The highest BCUT2D eigenvalue weighted by Gasteiger charge is 2.19. The molecule has 0 radical (unpaired) electrons. The molecule has 7 heteroatoms. The first-order chi connectivity index (χ1) is 25.9. The summed E-state index contributed by atoms with van der Waals surface area (Å²) in [6.45, 7) is 4.80. The lowest BCUT2D eigenvalue weighted by Gasteiger charge is -2.18. The number of nitrogens with two attached hydrogens (primary N) is 1. The monoisotopic (exact) mass is 741 g/mol. The summed E-state index contributed by atoms with van der Waals surface area (Å²) in [6.07, 6.45) is 49.9. The number of hydrogen-bond acceptors (Lipinski definition) is 5. The number of carbonyl (C=O) groups excluding carboxylic acids is 2. The lowest BCUT2D eigenvalue weighted by atomic mass is 10.0. The zero-order chi connectivity index (χ0) is 38.9. The van der Waals surface area contributed by atoms with E-state index in [2.05, 4.69) is 79.9 Å². The van der Waals surface area contributed by atoms with Gasteiger partial charge in [0.15, 0.2) is 0 Å². The predicted molar refractivity (Wildman–Crippen MR) is 225 cm³/mol. The molecule has 0 aliphatic rings. The summed E-state index contributed by atoms with van der Waals surface area (Å²) in [4.78, 5) is 36.2. The van der Waals surface area contributed by atoms with E-state index in [0.29, 0.717) is 32.2 Å². The van der Waals surface area contributed by atoms with Crippen molar-refractivity contribution in [2.45, 2.75) is 206 Å². The van der Waals surface area contributed by atoms with Crippen LogP contribution in [0.4, 0.5) is 0 Å². The van der Waals surface area contributed by atoms with Crippen LogP contribution in [-0.2, 0) is 19.1 Å². The molecule has 0 fully saturated rings. The number of rotatable bonds is 38. The SMILES string of the molecule is CC/C=C\C/C=C\C/C=C\C/C=C\C/C=C\CCCCCCCC(=O)OC(CCCCCCCC)CCCCCCCC(=O)NC(CCCN)C(=O)O. The number of hydrogen-bond donors (Lipinski definition) is 3. The van der Waals surface area contributed by atoms with E-state index in [0.717, 1.165) is 109 Å². The van der Waals surface area contributed by atoms with Gasteiger partial charge in [0.1, 0.15) is 12.1 Å². The fourth-order valence-electron chi connectivity index (χ4n) is 6.12. The van der Waals surface area contributed by atoms with Crippen LogP contribution < -0.4 is 11.1 Å². The number of nitrogens with one attached hydrogen (secondary N) is 1. The van der Waals surface area contributed by atoms with Crippen LogP contribution >= 0.6 is 0 Å². The summed E-state index contributed by atoms with van der Waals surface area (Å²) in [7, 11) is 0. The molecule has 0 heterocycles. The third-order valence-electron chi connectivity index (χ3n) is 9.35. The van der Waals surface area contributed by atoms with Gasteiger partial charge in [-0.25, -0.2) is 4.79 Å². The van der Waals surface area contributed by atoms with E-state index in [9.17, 15) is 19.5 Å². The number of esters is 1. The summed E-state index contributed by atoms with van der Waals surface area (Å²) < 4.78 is 5.99. The van der Waals surface area contributed by atoms with Crippen molar-refractivity contribution in [1.82, 2.24) is 5.32 Å². The molecule has 0 aromatic rings. The maximum atomic E-state index is 12.7. The number of ether oxygens (including phenoxy) is 1. The van der Waals surface area contributed by atoms with Gasteiger partial charge in [0.25, 0.3) is 0 Å². The minimum atomic E-state index is -1.01. The van der Waals surface area contributed by atoms with Gasteiger partial charge in [0.2, 0.25) is 5.91 Å². The van der Waals surface area contributed by atoms with E-state index in [1.165, 1.54) is 44.9 Å². The van der Waals surface area contributed by atoms with Crippen molar-refractivity contribution in [1.29, 1.82) is 0 Å². The standard InChI is InChI=1S/C46H80N2O5/c1-3-5-7-9-11-12-13-14-15-16-17-18-19-20-21-22-23-24-25-30-34-40-45(50)53-42(36-31-27-10-8-6-4-2)37-32-28-26-29-33-39-44(49)48-43(46(51)52)38-35-41-47/h5,7,11-12,14-15,17-18,20-21,42-43H,3-4,6,8-10,13,16,19,22-41,47H2,1-2H3,(H,48,49)(H,51,52)/b7-5-,12-11-,15-14-,18-17-,21-20-. The normalized spacial score (nSPS) is 13.3. The molecular formula is C46H80N2O5. The van der Waals surface area contributed by atoms with E-state index in [-0.39, 0.29) is 18.0 Å². The molecule has 0 spiro atoms. The predicted octanol–water partition coefficient (Wildman–Crippen LogP) is 12.2. The Hall–Kier alpha value is -2.93. The second-order valence-electron chi connectivity index (χ2n) is 14.4. The van der Waals surface area contributed by atoms with Crippen LogP contribution in [0, 0.1) is 0 Å². The van der Waals surface area contributed by atoms with Gasteiger partial charge in [0, 0.05) is 12.8 Å². The summed E-state index contributed by atoms with van der Waals surface area (Å²) >= 11 is 0. The molecule has 4 N–H and O–H groups in total. The summed E-state index contributed by atoms with van der Waals surface area (Å²) in [5.41, 5.74) is 5.47. The minimum absolute atomic E-state index is 0.00407. The van der Waals surface area contributed by atoms with Crippen LogP contribution in [-0.4, -0.2) is 41.6 Å². The third kappa shape index (κ3) is 37.2. The van der Waals surface area contributed by atoms with Crippen molar-refractivity contribution in [3.05, 3.63) is 60.8 Å². The number of allylic oxidation sites excluding steroid dienone is 10. The maximum absolute atomic E-state index is 12.7. The van der Waals surface area contributed by atoms with E-state index in [1.54, 1.807) is 0 Å². The minimum Gasteiger partial charge on any atom is -0.480 e. The Bertz CT molecular complexity index is 1020. The Morgan fingerprint density at radius 1 is 0.566 bits per heavy atom. The number of carboxylic acids is 1. The molecule has 2 unspecified atom stereocenters. The highest BCUT2D eigenvalue weighted by Crippen LogP contribution is 2.18. The lowest BCUT2D eigenvalue weighted by molar-refractivity contribution is -0.150. The average Bonchev–Trinajstić information content (AvgIpc) is 3.14. The quantitative estimate of drug-likeness (QED) is 0.0329. The Kier molecular flexibility index (Phi) is 38.0. The van der Waals surface area contributed by atoms with Crippen LogP contribution in [0.3, 0.4) is 0 Å². The first-order valence-electron chi connectivity index (χ1n) is 21.6. The third-order valence-corrected chi connectivity index (χ3v) is 9.35. The zero-order valence-electron chi connectivity index (χ0n) is 34.1. The van der Waals surface area contributed by atoms with Crippen molar-refractivity contribution in [2.24, 2.45) is 5.73 Å². The van der Waals surface area contributed by atoms with Gasteiger partial charge in [-0.3, -0.25) is 9.59 Å². The molecule has 0 aliphatic heterocycles. The number of unbranched alkanes of at least 4 members (excludes halogenated alkanes) is 14. The molecule has 0 aromatic heterocycles. The largest absolute Gasteiger partial charge is 0.480 e. The molecule has 304 valence electrons. The van der Waals surface area contributed by atoms with Crippen molar-refractivity contribution in [2.75, 3.05) is 6.54 Å². The zero-order valence-corrected chi connectivity index (χ0v) is 34.1. The highest BCUT2D eigenvalue weighted by molar-refractivity contribution is 5.83. The fraction of sp³-hybridized carbons (Fsp3) is 0.717. The second kappa shape index (κ2) is 40.3. The van der Waals surface area contributed by atoms with E-state index < -0.39 is 12.0 Å². The average molecular weight is 741 g/mol. The number of carbonyl (C=O) groups is 3. The van der Waals surface area contributed by atoms with Crippen molar-refractivity contribution < 1.29 is 24.2 Å². The van der Waals surface area contributed by atoms with E-state index in [4.69, 9.17) is 10.5 Å². The lowest BCUT2D eigenvalue weighted by Crippen LogP contribution is -2.40. The van der Waals surface area contributed by atoms with Crippen LogP contribution in [0.1, 0.15) is 194 Å². The number of amides is 1. The number of aliphatic carboxylic acids is 1. The smallest absolute Gasteiger partial charge is 0.326 e. The molecule has 0 aromatic carbocycles. The molecule has 53 heavy (non-hydrogen) atoms. The van der Waals surface area contributed by atoms with Crippen LogP contribution in [0.5, 0.6) is 0 Å². The molecule has 0 saturated heterocycles. The fourth-order valence-corrected chi connectivity index (χ4v) is 6.12. The molecule has 0 aliphatic carbocycles. The topological polar surface area (TPSA) is 119 Å². The first-order valence-corrected chi connectivity index (χ1v) is 21.6. The van der Waals surface area contributed by atoms with Gasteiger partial charge in [-0.1, -0.05) is 145 Å². The van der Waals surface area contributed by atoms with Crippen LogP contribution in [0.2, 0.25) is 0 Å². The summed E-state index contributed by atoms with van der Waals surface area (Å²) in [5.74, 6) is -1.26. The van der Waals surface area contributed by atoms with Gasteiger partial charge in [-0.15, -0.1) is 0 Å². The van der Waals surface area contributed by atoms with E-state index in [1.807, 2.05) is 0 Å². The molecule has 0 bridgehead atoms. The molecule has 2 atom stereocenters. The van der Waals surface area contributed by atoms with Crippen LogP contribution in [0.25, 0.3) is 0 Å². The first kappa shape index (κ1) is 50.1. The molecular weight excluding hydrogens is 661 g/mol. The van der Waals surface area contributed by atoms with Gasteiger partial charge < -0.3 is 20.9 Å². The maximum Gasteiger partial charge on any atom is 0.326 e. The summed E-state index contributed by atoms with van der Waals surface area (Å²) in [5, 5.41) is 11.9. The van der Waals surface area contributed by atoms with Crippen molar-refractivity contribution in [3.63, 3.8) is 0 Å². The molecule has 0 rings (SSSR count). The number of carboxylic acid groups (broad SMARTS) is 1. The van der Waals surface area contributed by atoms with Gasteiger partial charge in [0.05, 0.1) is 0 Å². The van der Waals surface area contributed by atoms with Gasteiger partial charge >= 0.3 is 11.9 Å².